The molecular formula is C16H21Cl2N3. The molecule has 0 amide bonds. The molecule has 0 aliphatic heterocycles. The van der Waals surface area contributed by atoms with E-state index in [-0.39, 0.29) is 0 Å². The quantitative estimate of drug-likeness (QED) is 0.875. The highest BCUT2D eigenvalue weighted by molar-refractivity contribution is 6.31. The van der Waals surface area contributed by atoms with Gasteiger partial charge in [0.25, 0.3) is 0 Å². The number of hydrogen-bond donors (Lipinski definition) is 1. The lowest BCUT2D eigenvalue weighted by Crippen LogP contribution is -2.21. The predicted octanol–water partition coefficient (Wildman–Crippen LogP) is 3.88. The van der Waals surface area contributed by atoms with Gasteiger partial charge in [-0.15, -0.1) is 0 Å². The Balaban J connectivity index is 2.14. The molecule has 0 aliphatic carbocycles. The van der Waals surface area contributed by atoms with Gasteiger partial charge in [0.05, 0.1) is 16.4 Å². The van der Waals surface area contributed by atoms with Crippen LogP contribution in [-0.4, -0.2) is 16.3 Å². The van der Waals surface area contributed by atoms with Crippen LogP contribution in [0.25, 0.3) is 0 Å². The molecule has 2 aromatic rings. The van der Waals surface area contributed by atoms with Crippen molar-refractivity contribution in [2.75, 3.05) is 6.54 Å². The fourth-order valence-corrected chi connectivity index (χ4v) is 2.87. The first-order valence-electron chi connectivity index (χ1n) is 7.21. The van der Waals surface area contributed by atoms with E-state index in [0.29, 0.717) is 12.5 Å². The Morgan fingerprint density at radius 3 is 2.43 bits per heavy atom. The van der Waals surface area contributed by atoms with Crippen LogP contribution >= 0.6 is 23.2 Å². The van der Waals surface area contributed by atoms with E-state index < -0.39 is 0 Å². The fourth-order valence-electron chi connectivity index (χ4n) is 2.53. The van der Waals surface area contributed by atoms with Gasteiger partial charge in [0.1, 0.15) is 0 Å². The molecule has 0 saturated carbocycles. The van der Waals surface area contributed by atoms with Crippen LogP contribution in [-0.2, 0) is 19.4 Å². The Kier molecular flexibility index (Phi) is 5.68. The van der Waals surface area contributed by atoms with E-state index in [9.17, 15) is 0 Å². The van der Waals surface area contributed by atoms with Gasteiger partial charge in [0.15, 0.2) is 0 Å². The fraction of sp³-hybridized carbons (Fsp3) is 0.438. The third-order valence-corrected chi connectivity index (χ3v) is 4.45. The summed E-state index contributed by atoms with van der Waals surface area (Å²) in [5.74, 6) is 0.338. The van der Waals surface area contributed by atoms with Crippen LogP contribution in [0.4, 0.5) is 0 Å². The molecule has 114 valence electrons. The Labute approximate surface area is 136 Å². The summed E-state index contributed by atoms with van der Waals surface area (Å²) in [5.41, 5.74) is 9.16. The van der Waals surface area contributed by atoms with Crippen LogP contribution < -0.4 is 5.73 Å². The molecule has 5 heteroatoms. The highest BCUT2D eigenvalue weighted by atomic mass is 35.5. The van der Waals surface area contributed by atoms with Gasteiger partial charge in [-0.2, -0.15) is 5.10 Å². The lowest BCUT2D eigenvalue weighted by molar-refractivity contribution is 0.499. The number of halogens is 2. The van der Waals surface area contributed by atoms with Gasteiger partial charge in [0.2, 0.25) is 0 Å². The number of aromatic nitrogens is 2. The van der Waals surface area contributed by atoms with Crippen molar-refractivity contribution in [1.82, 2.24) is 9.78 Å². The summed E-state index contributed by atoms with van der Waals surface area (Å²) in [6, 6.07) is 7.93. The van der Waals surface area contributed by atoms with Gasteiger partial charge < -0.3 is 5.73 Å². The maximum atomic E-state index is 6.38. The number of benzene rings is 1. The van der Waals surface area contributed by atoms with Gasteiger partial charge >= 0.3 is 0 Å². The molecule has 3 nitrogen and oxygen atoms in total. The molecule has 0 spiro atoms. The molecule has 1 unspecified atom stereocenters. The van der Waals surface area contributed by atoms with E-state index in [2.05, 4.69) is 24.2 Å². The summed E-state index contributed by atoms with van der Waals surface area (Å²) in [7, 11) is 0. The van der Waals surface area contributed by atoms with Crippen LogP contribution in [0.15, 0.2) is 24.3 Å². The highest BCUT2D eigenvalue weighted by Gasteiger charge is 2.17. The van der Waals surface area contributed by atoms with Crippen molar-refractivity contribution < 1.29 is 0 Å². The van der Waals surface area contributed by atoms with E-state index in [1.807, 2.05) is 23.7 Å². The van der Waals surface area contributed by atoms with Crippen molar-refractivity contribution >= 4 is 23.2 Å². The molecule has 0 fully saturated rings. The van der Waals surface area contributed by atoms with Crippen LogP contribution in [0, 0.1) is 12.8 Å². The summed E-state index contributed by atoms with van der Waals surface area (Å²) < 4.78 is 1.97. The van der Waals surface area contributed by atoms with Crippen molar-refractivity contribution in [3.63, 3.8) is 0 Å². The summed E-state index contributed by atoms with van der Waals surface area (Å²) in [6.07, 6.45) is 1.75. The molecule has 1 aromatic carbocycles. The minimum absolute atomic E-state index is 0.338. The number of aryl methyl sites for hydroxylation is 2. The number of rotatable bonds is 6. The standard InChI is InChI=1S/C16H21Cl2N3/c1-3-21-15(16(18)11(2)20-21)9-13(10-19)8-12-4-6-14(17)7-5-12/h4-7,13H,3,8-10,19H2,1-2H3. The normalized spacial score (nSPS) is 12.6. The van der Waals surface area contributed by atoms with Crippen molar-refractivity contribution in [3.05, 3.63) is 51.3 Å². The lowest BCUT2D eigenvalue weighted by Gasteiger charge is -2.16. The van der Waals surface area contributed by atoms with Crippen molar-refractivity contribution in [2.24, 2.45) is 11.7 Å². The SMILES string of the molecule is CCn1nc(C)c(Cl)c1CC(CN)Cc1ccc(Cl)cc1. The average molecular weight is 326 g/mol. The summed E-state index contributed by atoms with van der Waals surface area (Å²) >= 11 is 12.3. The number of nitrogens with zero attached hydrogens (tertiary/aromatic N) is 2. The predicted molar refractivity (Wildman–Crippen MR) is 89.1 cm³/mol. The molecule has 0 saturated heterocycles. The third-order valence-electron chi connectivity index (χ3n) is 3.71. The Morgan fingerprint density at radius 1 is 1.19 bits per heavy atom. The molecule has 2 rings (SSSR count). The first-order chi connectivity index (χ1) is 10.0. The molecule has 1 atom stereocenters. The zero-order valence-corrected chi connectivity index (χ0v) is 14.0. The summed E-state index contributed by atoms with van der Waals surface area (Å²) in [5, 5.41) is 5.99. The van der Waals surface area contributed by atoms with Crippen LogP contribution in [0.5, 0.6) is 0 Å². The molecule has 21 heavy (non-hydrogen) atoms. The van der Waals surface area contributed by atoms with Crippen molar-refractivity contribution in [1.29, 1.82) is 0 Å². The molecule has 0 bridgehead atoms. The second-order valence-corrected chi connectivity index (χ2v) is 6.11. The highest BCUT2D eigenvalue weighted by Crippen LogP contribution is 2.24. The Hall–Kier alpha value is -1.03. The molecule has 0 aliphatic rings. The van der Waals surface area contributed by atoms with E-state index in [1.165, 1.54) is 5.56 Å². The van der Waals surface area contributed by atoms with Crippen LogP contribution in [0.2, 0.25) is 10.0 Å². The summed E-state index contributed by atoms with van der Waals surface area (Å²) in [4.78, 5) is 0. The smallest absolute Gasteiger partial charge is 0.0847 e. The average Bonchev–Trinajstić information content (AvgIpc) is 2.76. The Morgan fingerprint density at radius 2 is 1.86 bits per heavy atom. The molecule has 0 radical (unpaired) electrons. The van der Waals surface area contributed by atoms with E-state index in [1.54, 1.807) is 0 Å². The largest absolute Gasteiger partial charge is 0.330 e. The van der Waals surface area contributed by atoms with Crippen LogP contribution in [0.1, 0.15) is 23.9 Å². The number of nitrogens with two attached hydrogens (primary N) is 1. The maximum absolute atomic E-state index is 6.38. The molecule has 2 N–H and O–H groups in total. The monoisotopic (exact) mass is 325 g/mol. The zero-order chi connectivity index (χ0) is 15.4. The second-order valence-electron chi connectivity index (χ2n) is 5.30. The third kappa shape index (κ3) is 4.00. The zero-order valence-electron chi connectivity index (χ0n) is 12.4. The lowest BCUT2D eigenvalue weighted by atomic mass is 9.94. The topological polar surface area (TPSA) is 43.8 Å². The van der Waals surface area contributed by atoms with Gasteiger partial charge in [-0.1, -0.05) is 35.3 Å². The first-order valence-corrected chi connectivity index (χ1v) is 7.97. The van der Waals surface area contributed by atoms with E-state index >= 15 is 0 Å². The number of hydrogen-bond acceptors (Lipinski definition) is 2. The summed E-state index contributed by atoms with van der Waals surface area (Å²) in [6.45, 7) is 5.45. The second kappa shape index (κ2) is 7.30. The van der Waals surface area contributed by atoms with Gasteiger partial charge in [-0.05, 0) is 56.8 Å². The molecular weight excluding hydrogens is 305 g/mol. The van der Waals surface area contributed by atoms with Crippen molar-refractivity contribution in [3.8, 4) is 0 Å². The van der Waals surface area contributed by atoms with Gasteiger partial charge in [0, 0.05) is 11.6 Å². The van der Waals surface area contributed by atoms with Gasteiger partial charge in [-0.25, -0.2) is 0 Å². The van der Waals surface area contributed by atoms with E-state index in [4.69, 9.17) is 28.9 Å². The van der Waals surface area contributed by atoms with Crippen molar-refractivity contribution in [2.45, 2.75) is 33.2 Å². The molecule has 1 aromatic heterocycles. The van der Waals surface area contributed by atoms with Gasteiger partial charge in [-0.3, -0.25) is 4.68 Å². The van der Waals surface area contributed by atoms with E-state index in [0.717, 1.165) is 40.8 Å². The molecule has 1 heterocycles. The van der Waals surface area contributed by atoms with Crippen LogP contribution in [0.3, 0.4) is 0 Å². The maximum Gasteiger partial charge on any atom is 0.0847 e. The Bertz CT molecular complexity index is 590. The minimum atomic E-state index is 0.338. The minimum Gasteiger partial charge on any atom is -0.330 e. The first kappa shape index (κ1) is 16.3.